The first-order valence-corrected chi connectivity index (χ1v) is 13.9. The van der Waals surface area contributed by atoms with Crippen molar-refractivity contribution in [2.24, 2.45) is 0 Å². The molecule has 0 aromatic carbocycles. The van der Waals surface area contributed by atoms with Crippen LogP contribution in [0.2, 0.25) is 0 Å². The molecule has 0 heterocycles. The summed E-state index contributed by atoms with van der Waals surface area (Å²) in [6.07, 6.45) is 26.8. The van der Waals surface area contributed by atoms with Crippen molar-refractivity contribution >= 4 is 5.91 Å². The number of aliphatic hydroxyl groups is 2. The highest BCUT2D eigenvalue weighted by Crippen LogP contribution is 2.13. The number of aliphatic hydroxyl groups excluding tert-OH is 2. The molecule has 0 rings (SSSR count). The first-order chi connectivity index (χ1) is 15.7. The largest absolute Gasteiger partial charge is 0.394 e. The van der Waals surface area contributed by atoms with Crippen LogP contribution in [0.15, 0.2) is 12.2 Å². The number of hydrogen-bond donors (Lipinski definition) is 3. The van der Waals surface area contributed by atoms with E-state index in [9.17, 15) is 15.0 Å². The summed E-state index contributed by atoms with van der Waals surface area (Å²) < 4.78 is 0. The van der Waals surface area contributed by atoms with Crippen LogP contribution in [-0.4, -0.2) is 34.9 Å². The summed E-state index contributed by atoms with van der Waals surface area (Å²) in [5.74, 6) is -0.0503. The van der Waals surface area contributed by atoms with Crippen LogP contribution in [-0.2, 0) is 4.79 Å². The van der Waals surface area contributed by atoms with Crippen LogP contribution in [0.5, 0.6) is 0 Å². The van der Waals surface area contributed by atoms with Gasteiger partial charge in [0.15, 0.2) is 0 Å². The van der Waals surface area contributed by atoms with E-state index in [-0.39, 0.29) is 12.5 Å². The van der Waals surface area contributed by atoms with Crippen LogP contribution in [0.4, 0.5) is 0 Å². The maximum absolute atomic E-state index is 12.2. The second kappa shape index (κ2) is 24.8. The maximum Gasteiger partial charge on any atom is 0.220 e. The molecular weight excluding hydrogens is 398 g/mol. The van der Waals surface area contributed by atoms with Crippen molar-refractivity contribution in [3.63, 3.8) is 0 Å². The van der Waals surface area contributed by atoms with Crippen LogP contribution in [0, 0.1) is 0 Å². The van der Waals surface area contributed by atoms with E-state index in [0.717, 1.165) is 38.5 Å². The molecule has 0 aromatic heterocycles. The Balaban J connectivity index is 3.67. The van der Waals surface area contributed by atoms with E-state index >= 15 is 0 Å². The molecule has 0 bridgehead atoms. The number of allylic oxidation sites excluding steroid dienone is 2. The first kappa shape index (κ1) is 31.1. The molecule has 2 atom stereocenters. The molecule has 190 valence electrons. The highest BCUT2D eigenvalue weighted by atomic mass is 16.3. The van der Waals surface area contributed by atoms with Crippen molar-refractivity contribution in [2.45, 2.75) is 154 Å². The standard InChI is InChI=1S/C28H55NO3/c1-3-5-7-9-11-13-15-17-19-21-23-27(31)26(25-30)29-28(32)24-22-20-18-16-14-12-10-8-6-4-2/h10,12,26-27,30-31H,3-9,11,13-25H2,1-2H3,(H,29,32)/b12-10-. The Morgan fingerprint density at radius 1 is 0.719 bits per heavy atom. The zero-order valence-electron chi connectivity index (χ0n) is 21.5. The van der Waals surface area contributed by atoms with Gasteiger partial charge in [-0.15, -0.1) is 0 Å². The molecule has 4 nitrogen and oxygen atoms in total. The summed E-state index contributed by atoms with van der Waals surface area (Å²) in [6, 6.07) is -0.533. The Labute approximate surface area is 199 Å². The van der Waals surface area contributed by atoms with E-state index in [1.54, 1.807) is 0 Å². The maximum atomic E-state index is 12.2. The summed E-state index contributed by atoms with van der Waals surface area (Å²) in [5.41, 5.74) is 0. The third kappa shape index (κ3) is 21.0. The molecule has 2 unspecified atom stereocenters. The lowest BCUT2D eigenvalue weighted by Crippen LogP contribution is -2.45. The molecule has 4 heteroatoms. The zero-order valence-corrected chi connectivity index (χ0v) is 21.5. The second-order valence-electron chi connectivity index (χ2n) is 9.46. The molecule has 0 radical (unpaired) electrons. The topological polar surface area (TPSA) is 69.6 Å². The average Bonchev–Trinajstić information content (AvgIpc) is 2.79. The number of nitrogens with one attached hydrogen (secondary N) is 1. The third-order valence-corrected chi connectivity index (χ3v) is 6.28. The lowest BCUT2D eigenvalue weighted by atomic mass is 10.0. The minimum absolute atomic E-state index is 0.0503. The second-order valence-corrected chi connectivity index (χ2v) is 9.46. The fourth-order valence-corrected chi connectivity index (χ4v) is 4.04. The molecule has 0 spiro atoms. The SMILES string of the molecule is CCCC/C=C\CCCCCCC(=O)NC(CO)C(O)CCCCCCCCCCCC. The molecule has 0 saturated carbocycles. The number of carbonyl (C=O) groups is 1. The number of carbonyl (C=O) groups excluding carboxylic acids is 1. The van der Waals surface area contributed by atoms with E-state index < -0.39 is 12.1 Å². The Morgan fingerprint density at radius 3 is 1.81 bits per heavy atom. The Kier molecular flexibility index (Phi) is 24.1. The number of amides is 1. The fourth-order valence-electron chi connectivity index (χ4n) is 4.04. The van der Waals surface area contributed by atoms with Gasteiger partial charge in [-0.3, -0.25) is 4.79 Å². The monoisotopic (exact) mass is 453 g/mol. The van der Waals surface area contributed by atoms with Crippen molar-refractivity contribution in [3.05, 3.63) is 12.2 Å². The smallest absolute Gasteiger partial charge is 0.220 e. The molecule has 0 aliphatic rings. The summed E-state index contributed by atoms with van der Waals surface area (Å²) in [5, 5.41) is 22.8. The molecule has 0 aliphatic carbocycles. The van der Waals surface area contributed by atoms with Gasteiger partial charge in [-0.25, -0.2) is 0 Å². The average molecular weight is 454 g/mol. The highest BCUT2D eigenvalue weighted by Gasteiger charge is 2.19. The summed E-state index contributed by atoms with van der Waals surface area (Å²) in [4.78, 5) is 12.2. The van der Waals surface area contributed by atoms with Crippen molar-refractivity contribution in [2.75, 3.05) is 6.61 Å². The molecule has 3 N–H and O–H groups in total. The normalized spacial score (nSPS) is 13.5. The molecule has 1 amide bonds. The van der Waals surface area contributed by atoms with Gasteiger partial charge < -0.3 is 15.5 Å². The quantitative estimate of drug-likeness (QED) is 0.107. The molecule has 0 saturated heterocycles. The van der Waals surface area contributed by atoms with Crippen molar-refractivity contribution in [3.8, 4) is 0 Å². The van der Waals surface area contributed by atoms with E-state index in [0.29, 0.717) is 12.8 Å². The fraction of sp³-hybridized carbons (Fsp3) is 0.893. The summed E-state index contributed by atoms with van der Waals surface area (Å²) >= 11 is 0. The number of hydrogen-bond acceptors (Lipinski definition) is 3. The van der Waals surface area contributed by atoms with E-state index in [1.807, 2.05) is 0 Å². The molecule has 0 aromatic rings. The van der Waals surface area contributed by atoms with Crippen LogP contribution in [0.1, 0.15) is 142 Å². The number of rotatable bonds is 24. The van der Waals surface area contributed by atoms with Crippen molar-refractivity contribution in [1.82, 2.24) is 5.32 Å². The van der Waals surface area contributed by atoms with Crippen molar-refractivity contribution in [1.29, 1.82) is 0 Å². The summed E-state index contributed by atoms with van der Waals surface area (Å²) in [7, 11) is 0. The van der Waals surface area contributed by atoms with Crippen LogP contribution in [0.25, 0.3) is 0 Å². The van der Waals surface area contributed by atoms with Gasteiger partial charge >= 0.3 is 0 Å². The van der Waals surface area contributed by atoms with Gasteiger partial charge in [0.1, 0.15) is 0 Å². The van der Waals surface area contributed by atoms with E-state index in [1.165, 1.54) is 77.0 Å². The lowest BCUT2D eigenvalue weighted by Gasteiger charge is -2.22. The minimum Gasteiger partial charge on any atom is -0.394 e. The predicted octanol–water partition coefficient (Wildman–Crippen LogP) is 7.22. The van der Waals surface area contributed by atoms with Gasteiger partial charge in [-0.1, -0.05) is 116 Å². The number of unbranched alkanes of at least 4 members (excludes halogenated alkanes) is 15. The van der Waals surface area contributed by atoms with Crippen LogP contribution in [0.3, 0.4) is 0 Å². The van der Waals surface area contributed by atoms with Gasteiger partial charge in [0.05, 0.1) is 18.8 Å². The van der Waals surface area contributed by atoms with Gasteiger partial charge in [-0.05, 0) is 32.1 Å². The molecule has 0 aliphatic heterocycles. The lowest BCUT2D eigenvalue weighted by molar-refractivity contribution is -0.123. The van der Waals surface area contributed by atoms with Crippen molar-refractivity contribution < 1.29 is 15.0 Å². The Hall–Kier alpha value is -0.870. The van der Waals surface area contributed by atoms with E-state index in [2.05, 4.69) is 31.3 Å². The summed E-state index contributed by atoms with van der Waals surface area (Å²) in [6.45, 7) is 4.26. The molecular formula is C28H55NO3. The zero-order chi connectivity index (χ0) is 23.7. The van der Waals surface area contributed by atoms with Gasteiger partial charge in [0, 0.05) is 6.42 Å². The predicted molar refractivity (Wildman–Crippen MR) is 138 cm³/mol. The minimum atomic E-state index is -0.655. The molecule has 32 heavy (non-hydrogen) atoms. The van der Waals surface area contributed by atoms with E-state index in [4.69, 9.17) is 0 Å². The molecule has 0 fully saturated rings. The van der Waals surface area contributed by atoms with Gasteiger partial charge in [-0.2, -0.15) is 0 Å². The van der Waals surface area contributed by atoms with Gasteiger partial charge in [0.25, 0.3) is 0 Å². The third-order valence-electron chi connectivity index (χ3n) is 6.28. The van der Waals surface area contributed by atoms with Crippen LogP contribution < -0.4 is 5.32 Å². The first-order valence-electron chi connectivity index (χ1n) is 13.9. The Bertz CT molecular complexity index is 425. The van der Waals surface area contributed by atoms with Crippen LogP contribution >= 0.6 is 0 Å². The van der Waals surface area contributed by atoms with Gasteiger partial charge in [0.2, 0.25) is 5.91 Å². The Morgan fingerprint density at radius 2 is 1.22 bits per heavy atom. The highest BCUT2D eigenvalue weighted by molar-refractivity contribution is 5.76.